The molecule has 0 amide bonds. The Bertz CT molecular complexity index is 545. The molecular formula is C11H11FN2O2. The highest BCUT2D eigenvalue weighted by atomic mass is 19.1. The van der Waals surface area contributed by atoms with E-state index < -0.39 is 11.4 Å². The maximum absolute atomic E-state index is 13.5. The Morgan fingerprint density at radius 1 is 1.38 bits per heavy atom. The van der Waals surface area contributed by atoms with Crippen LogP contribution in [-0.4, -0.2) is 11.7 Å². The van der Waals surface area contributed by atoms with Gasteiger partial charge in [0.2, 0.25) is 0 Å². The molecule has 1 heterocycles. The summed E-state index contributed by atoms with van der Waals surface area (Å²) >= 11 is 0. The molecule has 0 aliphatic carbocycles. The molecular weight excluding hydrogens is 211 g/mol. The topological polar surface area (TPSA) is 72.0 Å². The largest absolute Gasteiger partial charge is 0.361 e. The van der Waals surface area contributed by atoms with Gasteiger partial charge in [0.25, 0.3) is 0 Å². The van der Waals surface area contributed by atoms with Crippen molar-refractivity contribution in [3.8, 4) is 11.3 Å². The summed E-state index contributed by atoms with van der Waals surface area (Å²) in [5.41, 5.74) is 5.96. The minimum atomic E-state index is -0.497. The second kappa shape index (κ2) is 4.32. The molecule has 3 N–H and O–H groups in total. The predicted octanol–water partition coefficient (Wildman–Crippen LogP) is 1.28. The van der Waals surface area contributed by atoms with Gasteiger partial charge in [-0.3, -0.25) is 0 Å². The van der Waals surface area contributed by atoms with Crippen molar-refractivity contribution in [2.24, 2.45) is 5.73 Å². The lowest BCUT2D eigenvalue weighted by atomic mass is 10.1. The number of hydrogen-bond donors (Lipinski definition) is 2. The minimum absolute atomic E-state index is 0.310. The third kappa shape index (κ3) is 1.77. The fraction of sp³-hybridized carbons (Fsp3) is 0.182. The van der Waals surface area contributed by atoms with E-state index >= 15 is 0 Å². The molecule has 0 spiro atoms. The summed E-state index contributed by atoms with van der Waals surface area (Å²) in [4.78, 5) is 11.3. The first-order valence-corrected chi connectivity index (χ1v) is 4.89. The van der Waals surface area contributed by atoms with Gasteiger partial charge in [-0.25, -0.2) is 14.3 Å². The highest BCUT2D eigenvalue weighted by Gasteiger charge is 2.15. The first kappa shape index (κ1) is 10.6. The van der Waals surface area contributed by atoms with Gasteiger partial charge in [-0.05, 0) is 25.1 Å². The molecule has 0 saturated heterocycles. The van der Waals surface area contributed by atoms with Gasteiger partial charge in [0.05, 0.1) is 11.3 Å². The van der Waals surface area contributed by atoms with Crippen LogP contribution in [0.15, 0.2) is 33.6 Å². The van der Waals surface area contributed by atoms with E-state index in [9.17, 15) is 9.18 Å². The van der Waals surface area contributed by atoms with Crippen LogP contribution in [0.2, 0.25) is 0 Å². The number of aromatic amines is 1. The van der Waals surface area contributed by atoms with E-state index in [1.54, 1.807) is 18.2 Å². The SMILES string of the molecule is NCCc1c(-c2ccccc2F)[nH]oc1=O. The highest BCUT2D eigenvalue weighted by Crippen LogP contribution is 2.22. The van der Waals surface area contributed by atoms with E-state index in [2.05, 4.69) is 9.68 Å². The van der Waals surface area contributed by atoms with Crippen molar-refractivity contribution in [1.82, 2.24) is 5.16 Å². The lowest BCUT2D eigenvalue weighted by Gasteiger charge is -2.01. The van der Waals surface area contributed by atoms with Crippen LogP contribution in [0.5, 0.6) is 0 Å². The van der Waals surface area contributed by atoms with Crippen molar-refractivity contribution in [3.05, 3.63) is 46.1 Å². The van der Waals surface area contributed by atoms with E-state index in [0.29, 0.717) is 29.8 Å². The average molecular weight is 222 g/mol. The number of aromatic nitrogens is 1. The quantitative estimate of drug-likeness (QED) is 0.821. The zero-order valence-corrected chi connectivity index (χ0v) is 8.50. The summed E-state index contributed by atoms with van der Waals surface area (Å²) in [6.45, 7) is 0.310. The molecule has 0 fully saturated rings. The molecule has 0 atom stereocenters. The predicted molar refractivity (Wildman–Crippen MR) is 57.5 cm³/mol. The fourth-order valence-electron chi connectivity index (χ4n) is 1.58. The summed E-state index contributed by atoms with van der Waals surface area (Å²) in [5.74, 6) is -0.405. The first-order valence-electron chi connectivity index (χ1n) is 4.89. The maximum Gasteiger partial charge on any atom is 0.361 e. The second-order valence-corrected chi connectivity index (χ2v) is 3.36. The van der Waals surface area contributed by atoms with Crippen LogP contribution in [0.25, 0.3) is 11.3 Å². The number of hydrogen-bond acceptors (Lipinski definition) is 3. The van der Waals surface area contributed by atoms with Crippen LogP contribution < -0.4 is 11.4 Å². The fourth-order valence-corrected chi connectivity index (χ4v) is 1.58. The lowest BCUT2D eigenvalue weighted by molar-refractivity contribution is 0.392. The molecule has 0 aliphatic rings. The van der Waals surface area contributed by atoms with Crippen molar-refractivity contribution >= 4 is 0 Å². The van der Waals surface area contributed by atoms with Crippen molar-refractivity contribution in [2.45, 2.75) is 6.42 Å². The number of benzene rings is 1. The van der Waals surface area contributed by atoms with Gasteiger partial charge in [-0.15, -0.1) is 0 Å². The van der Waals surface area contributed by atoms with Gasteiger partial charge in [0.15, 0.2) is 0 Å². The molecule has 0 saturated carbocycles. The lowest BCUT2D eigenvalue weighted by Crippen LogP contribution is -2.10. The van der Waals surface area contributed by atoms with Crippen LogP contribution >= 0.6 is 0 Å². The normalized spacial score (nSPS) is 10.6. The van der Waals surface area contributed by atoms with Gasteiger partial charge in [-0.2, -0.15) is 0 Å². The molecule has 16 heavy (non-hydrogen) atoms. The molecule has 5 heteroatoms. The smallest absolute Gasteiger partial charge is 0.338 e. The second-order valence-electron chi connectivity index (χ2n) is 3.36. The van der Waals surface area contributed by atoms with Crippen LogP contribution in [0, 0.1) is 5.82 Å². The van der Waals surface area contributed by atoms with E-state index in [0.717, 1.165) is 0 Å². The number of nitrogens with one attached hydrogen (secondary N) is 1. The van der Waals surface area contributed by atoms with Crippen molar-refractivity contribution in [2.75, 3.05) is 6.54 Å². The van der Waals surface area contributed by atoms with Crippen LogP contribution in [0.3, 0.4) is 0 Å². The average Bonchev–Trinajstić information content (AvgIpc) is 2.62. The Kier molecular flexibility index (Phi) is 2.87. The minimum Gasteiger partial charge on any atom is -0.338 e. The zero-order valence-electron chi connectivity index (χ0n) is 8.50. The summed E-state index contributed by atoms with van der Waals surface area (Å²) in [6.07, 6.45) is 0.357. The van der Waals surface area contributed by atoms with Gasteiger partial charge in [0.1, 0.15) is 5.82 Å². The van der Waals surface area contributed by atoms with Crippen LogP contribution in [0.1, 0.15) is 5.56 Å². The Balaban J connectivity index is 2.56. The Hall–Kier alpha value is -1.88. The Morgan fingerprint density at radius 3 is 2.81 bits per heavy atom. The van der Waals surface area contributed by atoms with Gasteiger partial charge >= 0.3 is 5.63 Å². The molecule has 84 valence electrons. The van der Waals surface area contributed by atoms with E-state index in [1.807, 2.05) is 0 Å². The van der Waals surface area contributed by atoms with Crippen LogP contribution in [0.4, 0.5) is 4.39 Å². The number of rotatable bonds is 3. The third-order valence-corrected chi connectivity index (χ3v) is 2.33. The van der Waals surface area contributed by atoms with Gasteiger partial charge < -0.3 is 10.3 Å². The number of nitrogens with two attached hydrogens (primary N) is 1. The summed E-state index contributed by atoms with van der Waals surface area (Å²) in [6, 6.07) is 6.18. The first-order chi connectivity index (χ1) is 7.74. The molecule has 2 aromatic rings. The molecule has 1 aromatic carbocycles. The standard InChI is InChI=1S/C11H11FN2O2/c12-9-4-2-1-3-7(9)10-8(5-6-13)11(15)16-14-10/h1-4,14H,5-6,13H2. The van der Waals surface area contributed by atoms with Gasteiger partial charge in [0, 0.05) is 5.56 Å². The number of halogens is 1. The van der Waals surface area contributed by atoms with Crippen molar-refractivity contribution in [1.29, 1.82) is 0 Å². The van der Waals surface area contributed by atoms with E-state index in [-0.39, 0.29) is 0 Å². The maximum atomic E-state index is 13.5. The molecule has 0 bridgehead atoms. The van der Waals surface area contributed by atoms with E-state index in [1.165, 1.54) is 6.07 Å². The molecule has 0 aliphatic heterocycles. The van der Waals surface area contributed by atoms with E-state index in [4.69, 9.17) is 5.73 Å². The Morgan fingerprint density at radius 2 is 2.12 bits per heavy atom. The Labute approximate surface area is 90.9 Å². The summed E-state index contributed by atoms with van der Waals surface area (Å²) < 4.78 is 18.2. The monoisotopic (exact) mass is 222 g/mol. The highest BCUT2D eigenvalue weighted by molar-refractivity contribution is 5.62. The summed E-state index contributed by atoms with van der Waals surface area (Å²) in [7, 11) is 0. The van der Waals surface area contributed by atoms with Gasteiger partial charge in [-0.1, -0.05) is 12.1 Å². The molecule has 4 nitrogen and oxygen atoms in total. The molecule has 1 aromatic heterocycles. The third-order valence-electron chi connectivity index (χ3n) is 2.33. The summed E-state index contributed by atoms with van der Waals surface area (Å²) in [5, 5.41) is 2.43. The molecule has 0 unspecified atom stereocenters. The van der Waals surface area contributed by atoms with Crippen molar-refractivity contribution in [3.63, 3.8) is 0 Å². The van der Waals surface area contributed by atoms with Crippen LogP contribution in [-0.2, 0) is 6.42 Å². The zero-order chi connectivity index (χ0) is 11.5. The molecule has 0 radical (unpaired) electrons. The number of H-pyrrole nitrogens is 1. The molecule has 2 rings (SSSR count). The van der Waals surface area contributed by atoms with Crippen molar-refractivity contribution < 1.29 is 8.91 Å².